The number of nitrogens with zero attached hydrogens (tertiary/aromatic N) is 4. The normalized spacial score (nSPS) is 18.1. The van der Waals surface area contributed by atoms with Gasteiger partial charge in [-0.3, -0.25) is 4.79 Å². The van der Waals surface area contributed by atoms with Crippen molar-refractivity contribution in [2.24, 2.45) is 13.0 Å². The molecule has 2 atom stereocenters. The second-order valence-electron chi connectivity index (χ2n) is 9.16. The minimum Gasteiger partial charge on any atom is -0.320 e. The third-order valence-electron chi connectivity index (χ3n) is 7.02. The molecule has 34 heavy (non-hydrogen) atoms. The highest BCUT2D eigenvalue weighted by molar-refractivity contribution is 6.20. The SMILES string of the molecule is CC(Cl)c1cc2c(c(C(F)(F)F)c1)CN(c1cccc([C@H](c3nncn3C)C3CCC3)c1)C2=O. The number of fused-ring (bicyclic) bond motifs is 1. The predicted molar refractivity (Wildman–Crippen MR) is 123 cm³/mol. The molecule has 2 aromatic carbocycles. The summed E-state index contributed by atoms with van der Waals surface area (Å²) in [7, 11) is 1.90. The minimum atomic E-state index is -4.58. The van der Waals surface area contributed by atoms with Crippen LogP contribution in [-0.4, -0.2) is 20.7 Å². The average molecular weight is 489 g/mol. The minimum absolute atomic E-state index is 0.00665. The van der Waals surface area contributed by atoms with Crippen molar-refractivity contribution in [3.63, 3.8) is 0 Å². The predicted octanol–water partition coefficient (Wildman–Crippen LogP) is 6.23. The Labute approximate surface area is 200 Å². The summed E-state index contributed by atoms with van der Waals surface area (Å²) in [5, 5.41) is 7.72. The Morgan fingerprint density at radius 2 is 1.91 bits per heavy atom. The topological polar surface area (TPSA) is 51.0 Å². The number of carbonyl (C=O) groups excluding carboxylic acids is 1. The van der Waals surface area contributed by atoms with Gasteiger partial charge in [0.1, 0.15) is 12.2 Å². The fourth-order valence-corrected chi connectivity index (χ4v) is 5.11. The van der Waals surface area contributed by atoms with Gasteiger partial charge in [0, 0.05) is 24.2 Å². The van der Waals surface area contributed by atoms with Gasteiger partial charge in [0.15, 0.2) is 0 Å². The molecule has 3 aromatic rings. The quantitative estimate of drug-likeness (QED) is 0.400. The van der Waals surface area contributed by atoms with E-state index in [0.29, 0.717) is 11.6 Å². The number of hydrogen-bond donors (Lipinski definition) is 0. The number of hydrogen-bond acceptors (Lipinski definition) is 3. The Bertz CT molecular complexity index is 1250. The molecule has 1 aliphatic carbocycles. The molecule has 2 heterocycles. The summed E-state index contributed by atoms with van der Waals surface area (Å²) in [5.74, 6) is 0.818. The van der Waals surface area contributed by atoms with Crippen molar-refractivity contribution in [3.8, 4) is 0 Å². The summed E-state index contributed by atoms with van der Waals surface area (Å²) >= 11 is 6.09. The Balaban J connectivity index is 1.54. The molecule has 1 amide bonds. The summed E-state index contributed by atoms with van der Waals surface area (Å²) in [6.45, 7) is 1.46. The zero-order valence-corrected chi connectivity index (χ0v) is 19.6. The van der Waals surface area contributed by atoms with E-state index in [0.717, 1.165) is 36.7 Å². The third kappa shape index (κ3) is 3.87. The van der Waals surface area contributed by atoms with Crippen LogP contribution in [0.25, 0.3) is 0 Å². The molecule has 1 unspecified atom stereocenters. The highest BCUT2D eigenvalue weighted by atomic mass is 35.5. The Hall–Kier alpha value is -2.87. The maximum Gasteiger partial charge on any atom is 0.416 e. The van der Waals surface area contributed by atoms with Gasteiger partial charge in [0.2, 0.25) is 0 Å². The highest BCUT2D eigenvalue weighted by Gasteiger charge is 2.41. The summed E-state index contributed by atoms with van der Waals surface area (Å²) in [5.41, 5.74) is 1.08. The molecule has 2 aliphatic rings. The van der Waals surface area contributed by atoms with Gasteiger partial charge in [0.05, 0.1) is 17.5 Å². The van der Waals surface area contributed by atoms with Crippen molar-refractivity contribution in [2.45, 2.75) is 50.2 Å². The molecule has 5 rings (SSSR count). The molecular formula is C25H24ClF3N4O. The van der Waals surface area contributed by atoms with Crippen molar-refractivity contribution < 1.29 is 18.0 Å². The molecular weight excluding hydrogens is 465 g/mol. The Morgan fingerprint density at radius 1 is 1.15 bits per heavy atom. The molecule has 0 radical (unpaired) electrons. The highest BCUT2D eigenvalue weighted by Crippen LogP contribution is 2.44. The van der Waals surface area contributed by atoms with E-state index in [-0.39, 0.29) is 29.2 Å². The number of aryl methyl sites for hydroxylation is 1. The molecule has 1 fully saturated rings. The number of alkyl halides is 4. The van der Waals surface area contributed by atoms with E-state index >= 15 is 0 Å². The van der Waals surface area contributed by atoms with Gasteiger partial charge in [-0.2, -0.15) is 13.2 Å². The maximum absolute atomic E-state index is 13.9. The zero-order chi connectivity index (χ0) is 24.2. The van der Waals surface area contributed by atoms with Gasteiger partial charge < -0.3 is 9.47 Å². The second kappa shape index (κ2) is 8.41. The lowest BCUT2D eigenvalue weighted by atomic mass is 9.72. The van der Waals surface area contributed by atoms with Crippen LogP contribution in [0.15, 0.2) is 42.7 Å². The van der Waals surface area contributed by atoms with Crippen molar-refractivity contribution in [2.75, 3.05) is 4.90 Å². The summed E-state index contributed by atoms with van der Waals surface area (Å²) < 4.78 is 43.5. The van der Waals surface area contributed by atoms with E-state index in [1.807, 2.05) is 29.8 Å². The van der Waals surface area contributed by atoms with Crippen LogP contribution in [0.2, 0.25) is 0 Å². The number of halogens is 4. The third-order valence-corrected chi connectivity index (χ3v) is 7.27. The lowest BCUT2D eigenvalue weighted by Gasteiger charge is -2.33. The number of aromatic nitrogens is 3. The van der Waals surface area contributed by atoms with E-state index in [2.05, 4.69) is 10.2 Å². The van der Waals surface area contributed by atoms with Crippen LogP contribution >= 0.6 is 11.6 Å². The van der Waals surface area contributed by atoms with Gasteiger partial charge in [-0.25, -0.2) is 0 Å². The van der Waals surface area contributed by atoms with Crippen LogP contribution in [0.4, 0.5) is 18.9 Å². The van der Waals surface area contributed by atoms with Crippen molar-refractivity contribution in [1.29, 1.82) is 0 Å². The lowest BCUT2D eigenvalue weighted by Crippen LogP contribution is -2.25. The lowest BCUT2D eigenvalue weighted by molar-refractivity contribution is -0.138. The molecule has 1 saturated carbocycles. The fraction of sp³-hybridized carbons (Fsp3) is 0.400. The van der Waals surface area contributed by atoms with E-state index in [4.69, 9.17) is 11.6 Å². The van der Waals surface area contributed by atoms with E-state index in [9.17, 15) is 18.0 Å². The van der Waals surface area contributed by atoms with Crippen LogP contribution in [0, 0.1) is 5.92 Å². The molecule has 1 aliphatic heterocycles. The first-order chi connectivity index (χ1) is 16.1. The van der Waals surface area contributed by atoms with Gasteiger partial charge in [-0.05, 0) is 66.6 Å². The number of carbonyl (C=O) groups is 1. The van der Waals surface area contributed by atoms with Crippen LogP contribution in [-0.2, 0) is 19.8 Å². The molecule has 0 saturated heterocycles. The molecule has 0 spiro atoms. The number of rotatable bonds is 5. The van der Waals surface area contributed by atoms with E-state index in [1.54, 1.807) is 19.3 Å². The molecule has 9 heteroatoms. The van der Waals surface area contributed by atoms with Crippen LogP contribution < -0.4 is 4.90 Å². The smallest absolute Gasteiger partial charge is 0.320 e. The molecule has 178 valence electrons. The van der Waals surface area contributed by atoms with E-state index in [1.165, 1.54) is 11.0 Å². The number of benzene rings is 2. The summed E-state index contributed by atoms with van der Waals surface area (Å²) in [6, 6.07) is 10.1. The summed E-state index contributed by atoms with van der Waals surface area (Å²) in [4.78, 5) is 14.7. The fourth-order valence-electron chi connectivity index (χ4n) is 4.99. The molecule has 0 N–H and O–H groups in total. The van der Waals surface area contributed by atoms with Crippen LogP contribution in [0.5, 0.6) is 0 Å². The Kier molecular flexibility index (Phi) is 5.67. The first kappa shape index (κ1) is 22.9. The largest absolute Gasteiger partial charge is 0.416 e. The van der Waals surface area contributed by atoms with Gasteiger partial charge >= 0.3 is 6.18 Å². The zero-order valence-electron chi connectivity index (χ0n) is 18.8. The van der Waals surface area contributed by atoms with E-state index < -0.39 is 23.0 Å². The number of anilines is 1. The molecule has 0 bridgehead atoms. The van der Waals surface area contributed by atoms with Crippen molar-refractivity contribution >= 4 is 23.2 Å². The maximum atomic E-state index is 13.9. The standard InChI is InChI=1S/C25H24ClF3N4O/c1-14(26)17-10-19-20(21(11-17)25(27,28)29)12-33(24(19)34)18-8-4-7-16(9-18)22(15-5-3-6-15)23-31-30-13-32(23)2/h4,7-11,13-15,22H,3,5-6,12H2,1-2H3/t14?,22-/m1/s1. The van der Waals surface area contributed by atoms with Crippen molar-refractivity contribution in [3.05, 3.63) is 76.4 Å². The van der Waals surface area contributed by atoms with Gasteiger partial charge in [0.25, 0.3) is 5.91 Å². The van der Waals surface area contributed by atoms with Crippen LogP contribution in [0.3, 0.4) is 0 Å². The first-order valence-electron chi connectivity index (χ1n) is 11.3. The van der Waals surface area contributed by atoms with Gasteiger partial charge in [-0.1, -0.05) is 18.6 Å². The van der Waals surface area contributed by atoms with Crippen LogP contribution in [0.1, 0.15) is 75.9 Å². The first-order valence-corrected chi connectivity index (χ1v) is 11.7. The van der Waals surface area contributed by atoms with Crippen molar-refractivity contribution in [1.82, 2.24) is 14.8 Å². The van der Waals surface area contributed by atoms with Gasteiger partial charge in [-0.15, -0.1) is 21.8 Å². The monoisotopic (exact) mass is 488 g/mol. The average Bonchev–Trinajstić information content (AvgIpc) is 3.32. The molecule has 1 aromatic heterocycles. The number of amides is 1. The molecule has 5 nitrogen and oxygen atoms in total. The second-order valence-corrected chi connectivity index (χ2v) is 9.82. The Morgan fingerprint density at radius 3 is 2.50 bits per heavy atom. The summed E-state index contributed by atoms with van der Waals surface area (Å²) in [6.07, 6.45) is 0.388.